The summed E-state index contributed by atoms with van der Waals surface area (Å²) in [7, 11) is 0. The SMILES string of the molecule is CCOC(=O)CSc1nc2c([nH]c3ccccc32)c(=O)n1CC. The molecule has 1 N–H and O–H groups in total. The summed E-state index contributed by atoms with van der Waals surface area (Å²) in [6.07, 6.45) is 0. The van der Waals surface area contributed by atoms with E-state index in [1.165, 1.54) is 11.8 Å². The molecule has 0 spiro atoms. The van der Waals surface area contributed by atoms with Crippen molar-refractivity contribution in [2.75, 3.05) is 12.4 Å². The van der Waals surface area contributed by atoms with Crippen LogP contribution in [0.3, 0.4) is 0 Å². The van der Waals surface area contributed by atoms with Crippen molar-refractivity contribution in [3.05, 3.63) is 34.6 Å². The van der Waals surface area contributed by atoms with E-state index in [4.69, 9.17) is 4.74 Å². The van der Waals surface area contributed by atoms with Crippen molar-refractivity contribution in [3.63, 3.8) is 0 Å². The van der Waals surface area contributed by atoms with E-state index >= 15 is 0 Å². The fraction of sp³-hybridized carbons (Fsp3) is 0.312. The molecular formula is C16H17N3O3S. The first kappa shape index (κ1) is 15.6. The molecule has 0 unspecified atom stereocenters. The molecule has 0 aliphatic heterocycles. The van der Waals surface area contributed by atoms with E-state index in [9.17, 15) is 9.59 Å². The van der Waals surface area contributed by atoms with Crippen molar-refractivity contribution in [2.24, 2.45) is 0 Å². The number of ether oxygens (including phenoxy) is 1. The highest BCUT2D eigenvalue weighted by Crippen LogP contribution is 2.24. The number of nitrogens with zero attached hydrogens (tertiary/aromatic N) is 2. The van der Waals surface area contributed by atoms with E-state index in [1.54, 1.807) is 11.5 Å². The Labute approximate surface area is 136 Å². The van der Waals surface area contributed by atoms with Crippen LogP contribution in [0.2, 0.25) is 0 Å². The maximum atomic E-state index is 12.7. The summed E-state index contributed by atoms with van der Waals surface area (Å²) in [4.78, 5) is 32.0. The summed E-state index contributed by atoms with van der Waals surface area (Å²) in [5.74, 6) is -0.179. The highest BCUT2D eigenvalue weighted by molar-refractivity contribution is 7.99. The number of esters is 1. The second-order valence-electron chi connectivity index (χ2n) is 4.93. The first-order valence-corrected chi connectivity index (χ1v) is 8.44. The fourth-order valence-corrected chi connectivity index (χ4v) is 3.35. The van der Waals surface area contributed by atoms with Crippen LogP contribution in [0, 0.1) is 0 Å². The van der Waals surface area contributed by atoms with Gasteiger partial charge in [-0.1, -0.05) is 30.0 Å². The van der Waals surface area contributed by atoms with Gasteiger partial charge in [0.2, 0.25) is 0 Å². The van der Waals surface area contributed by atoms with Gasteiger partial charge in [0.1, 0.15) is 11.0 Å². The number of hydrogen-bond donors (Lipinski definition) is 1. The van der Waals surface area contributed by atoms with Gasteiger partial charge in [0.25, 0.3) is 5.56 Å². The molecule has 0 aliphatic rings. The van der Waals surface area contributed by atoms with E-state index in [0.29, 0.717) is 29.3 Å². The van der Waals surface area contributed by atoms with Crippen LogP contribution in [0.1, 0.15) is 13.8 Å². The molecule has 3 aromatic rings. The zero-order chi connectivity index (χ0) is 16.4. The number of nitrogens with one attached hydrogen (secondary N) is 1. The van der Waals surface area contributed by atoms with Crippen LogP contribution < -0.4 is 5.56 Å². The van der Waals surface area contributed by atoms with Gasteiger partial charge in [-0.3, -0.25) is 14.2 Å². The van der Waals surface area contributed by atoms with Gasteiger partial charge in [-0.15, -0.1) is 0 Å². The Morgan fingerprint density at radius 3 is 2.87 bits per heavy atom. The Kier molecular flexibility index (Phi) is 4.38. The molecule has 0 saturated heterocycles. The summed E-state index contributed by atoms with van der Waals surface area (Å²) in [6, 6.07) is 7.66. The molecule has 0 fully saturated rings. The number of hydrogen-bond acceptors (Lipinski definition) is 5. The predicted octanol–water partition coefficient (Wildman–Crippen LogP) is 2.55. The molecule has 0 saturated carbocycles. The minimum atomic E-state index is -0.312. The Morgan fingerprint density at radius 1 is 1.35 bits per heavy atom. The Hall–Kier alpha value is -2.28. The first-order valence-electron chi connectivity index (χ1n) is 7.45. The average Bonchev–Trinajstić information content (AvgIpc) is 2.92. The van der Waals surface area contributed by atoms with E-state index in [2.05, 4.69) is 9.97 Å². The monoisotopic (exact) mass is 331 g/mol. The summed E-state index contributed by atoms with van der Waals surface area (Å²) in [5.41, 5.74) is 1.89. The molecule has 7 heteroatoms. The van der Waals surface area contributed by atoms with Gasteiger partial charge in [-0.25, -0.2) is 4.98 Å². The number of fused-ring (bicyclic) bond motifs is 3. The van der Waals surface area contributed by atoms with Crippen molar-refractivity contribution in [1.29, 1.82) is 0 Å². The Morgan fingerprint density at radius 2 is 2.13 bits per heavy atom. The second kappa shape index (κ2) is 6.45. The van der Waals surface area contributed by atoms with Crippen LogP contribution in [0.4, 0.5) is 0 Å². The molecular weight excluding hydrogens is 314 g/mol. The molecule has 23 heavy (non-hydrogen) atoms. The minimum Gasteiger partial charge on any atom is -0.465 e. The average molecular weight is 331 g/mol. The lowest BCUT2D eigenvalue weighted by Crippen LogP contribution is -2.23. The van der Waals surface area contributed by atoms with Gasteiger partial charge in [0.05, 0.1) is 12.4 Å². The highest BCUT2D eigenvalue weighted by atomic mass is 32.2. The Bertz CT molecular complexity index is 929. The largest absolute Gasteiger partial charge is 0.465 e. The fourth-order valence-electron chi connectivity index (χ4n) is 2.49. The van der Waals surface area contributed by atoms with Gasteiger partial charge in [0.15, 0.2) is 5.16 Å². The molecule has 0 amide bonds. The highest BCUT2D eigenvalue weighted by Gasteiger charge is 2.16. The summed E-state index contributed by atoms with van der Waals surface area (Å²) >= 11 is 1.22. The molecule has 120 valence electrons. The number of aromatic nitrogens is 3. The Balaban J connectivity index is 2.11. The number of carbonyl (C=O) groups excluding carboxylic acids is 1. The normalized spacial score (nSPS) is 11.2. The van der Waals surface area contributed by atoms with E-state index in [1.807, 2.05) is 31.2 Å². The molecule has 0 radical (unpaired) electrons. The third-order valence-electron chi connectivity index (χ3n) is 3.52. The van der Waals surface area contributed by atoms with E-state index in [0.717, 1.165) is 10.9 Å². The molecule has 2 heterocycles. The zero-order valence-corrected chi connectivity index (χ0v) is 13.8. The van der Waals surface area contributed by atoms with Crippen LogP contribution in [-0.2, 0) is 16.1 Å². The third-order valence-corrected chi connectivity index (χ3v) is 4.47. The van der Waals surface area contributed by atoms with Crippen LogP contribution in [0.15, 0.2) is 34.2 Å². The molecule has 3 rings (SSSR count). The number of aromatic amines is 1. The quantitative estimate of drug-likeness (QED) is 0.442. The lowest BCUT2D eigenvalue weighted by atomic mass is 10.2. The van der Waals surface area contributed by atoms with Crippen molar-refractivity contribution in [2.45, 2.75) is 25.5 Å². The topological polar surface area (TPSA) is 77.0 Å². The van der Waals surface area contributed by atoms with Gasteiger partial charge in [-0.2, -0.15) is 0 Å². The van der Waals surface area contributed by atoms with Gasteiger partial charge >= 0.3 is 5.97 Å². The van der Waals surface area contributed by atoms with Crippen molar-refractivity contribution in [1.82, 2.24) is 14.5 Å². The number of H-pyrrole nitrogens is 1. The van der Waals surface area contributed by atoms with Crippen LogP contribution in [-0.4, -0.2) is 32.9 Å². The third kappa shape index (κ3) is 2.84. The number of benzene rings is 1. The summed E-state index contributed by atoms with van der Waals surface area (Å²) in [5, 5.41) is 1.43. The van der Waals surface area contributed by atoms with Gasteiger partial charge in [0, 0.05) is 17.4 Å². The minimum absolute atomic E-state index is 0.125. The first-order chi connectivity index (χ1) is 11.2. The maximum absolute atomic E-state index is 12.7. The lowest BCUT2D eigenvalue weighted by Gasteiger charge is -2.09. The summed E-state index contributed by atoms with van der Waals surface area (Å²) < 4.78 is 6.50. The maximum Gasteiger partial charge on any atom is 0.316 e. The molecule has 6 nitrogen and oxygen atoms in total. The van der Waals surface area contributed by atoms with E-state index in [-0.39, 0.29) is 17.3 Å². The summed E-state index contributed by atoms with van der Waals surface area (Å²) in [6.45, 7) is 4.48. The zero-order valence-electron chi connectivity index (χ0n) is 13.0. The molecule has 1 aromatic carbocycles. The van der Waals surface area contributed by atoms with Crippen LogP contribution >= 0.6 is 11.8 Å². The second-order valence-corrected chi connectivity index (χ2v) is 5.87. The van der Waals surface area contributed by atoms with Gasteiger partial charge in [-0.05, 0) is 19.9 Å². The van der Waals surface area contributed by atoms with Crippen molar-refractivity contribution in [3.8, 4) is 0 Å². The number of thioether (sulfide) groups is 1. The lowest BCUT2D eigenvalue weighted by molar-refractivity contribution is -0.139. The number of carbonyl (C=O) groups is 1. The molecule has 0 atom stereocenters. The van der Waals surface area contributed by atoms with Crippen LogP contribution in [0.25, 0.3) is 21.9 Å². The standard InChI is InChI=1S/C16H17N3O3S/c1-3-19-15(21)14-13(10-7-5-6-8-11(10)17-14)18-16(19)23-9-12(20)22-4-2/h5-8,17H,3-4,9H2,1-2H3. The predicted molar refractivity (Wildman–Crippen MR) is 90.9 cm³/mol. The van der Waals surface area contributed by atoms with Crippen molar-refractivity contribution < 1.29 is 9.53 Å². The van der Waals surface area contributed by atoms with Gasteiger partial charge < -0.3 is 9.72 Å². The van der Waals surface area contributed by atoms with Crippen molar-refractivity contribution >= 4 is 39.7 Å². The molecule has 0 aliphatic carbocycles. The number of rotatable bonds is 5. The molecule has 0 bridgehead atoms. The number of para-hydroxylation sites is 1. The van der Waals surface area contributed by atoms with Crippen LogP contribution in [0.5, 0.6) is 0 Å². The molecule has 2 aromatic heterocycles. The smallest absolute Gasteiger partial charge is 0.316 e. The van der Waals surface area contributed by atoms with E-state index < -0.39 is 0 Å².